The minimum atomic E-state index is -4.86. The van der Waals surface area contributed by atoms with Gasteiger partial charge in [0, 0.05) is 11.8 Å². The van der Waals surface area contributed by atoms with Crippen LogP contribution >= 0.6 is 0 Å². The van der Waals surface area contributed by atoms with Gasteiger partial charge in [-0.1, -0.05) is 0 Å². The highest BCUT2D eigenvalue weighted by atomic mass is 19.4. The average molecular weight is 227 g/mol. The number of alkyl halides is 3. The summed E-state index contributed by atoms with van der Waals surface area (Å²) in [6, 6.07) is 4.20. The standard InChI is InChI=1S/C9H4F3N3O/c10-9(11,12)16-8-2-4-15-7(5-14)6(8)1-3-13/h2,4H,1H2. The molecule has 0 fully saturated rings. The van der Waals surface area contributed by atoms with Crippen LogP contribution in [0.4, 0.5) is 13.2 Å². The van der Waals surface area contributed by atoms with E-state index in [4.69, 9.17) is 10.5 Å². The van der Waals surface area contributed by atoms with Crippen LogP contribution in [0.1, 0.15) is 11.3 Å². The lowest BCUT2D eigenvalue weighted by Gasteiger charge is -2.11. The molecule has 0 N–H and O–H groups in total. The van der Waals surface area contributed by atoms with E-state index in [0.717, 1.165) is 12.3 Å². The number of rotatable bonds is 2. The smallest absolute Gasteiger partial charge is 0.405 e. The van der Waals surface area contributed by atoms with Gasteiger partial charge in [-0.15, -0.1) is 13.2 Å². The van der Waals surface area contributed by atoms with E-state index in [-0.39, 0.29) is 17.7 Å². The molecule has 0 saturated carbocycles. The Morgan fingerprint density at radius 3 is 2.56 bits per heavy atom. The molecule has 1 aromatic rings. The number of hydrogen-bond acceptors (Lipinski definition) is 4. The molecule has 1 aromatic heterocycles. The lowest BCUT2D eigenvalue weighted by Crippen LogP contribution is -2.18. The van der Waals surface area contributed by atoms with Crippen LogP contribution in [0.2, 0.25) is 0 Å². The Hall–Kier alpha value is -2.28. The van der Waals surface area contributed by atoms with Crippen molar-refractivity contribution in [2.24, 2.45) is 0 Å². The SMILES string of the molecule is N#CCc1c(OC(F)(F)F)ccnc1C#N. The lowest BCUT2D eigenvalue weighted by atomic mass is 10.1. The van der Waals surface area contributed by atoms with Crippen LogP contribution in [0.5, 0.6) is 5.75 Å². The molecule has 0 aliphatic rings. The Morgan fingerprint density at radius 1 is 1.38 bits per heavy atom. The van der Waals surface area contributed by atoms with Gasteiger partial charge in [-0.2, -0.15) is 10.5 Å². The molecular weight excluding hydrogens is 223 g/mol. The molecule has 16 heavy (non-hydrogen) atoms. The minimum Gasteiger partial charge on any atom is -0.405 e. The molecule has 1 rings (SSSR count). The van der Waals surface area contributed by atoms with Crippen molar-refractivity contribution in [1.82, 2.24) is 4.98 Å². The Kier molecular flexibility index (Phi) is 3.31. The first-order valence-electron chi connectivity index (χ1n) is 3.98. The number of hydrogen-bond donors (Lipinski definition) is 0. The number of pyridine rings is 1. The molecule has 0 atom stereocenters. The van der Waals surface area contributed by atoms with Crippen molar-refractivity contribution < 1.29 is 17.9 Å². The van der Waals surface area contributed by atoms with Crippen molar-refractivity contribution >= 4 is 0 Å². The first kappa shape index (κ1) is 11.8. The summed E-state index contributed by atoms with van der Waals surface area (Å²) < 4.78 is 39.7. The molecule has 0 aliphatic heterocycles. The second-order valence-corrected chi connectivity index (χ2v) is 2.63. The molecular formula is C9H4F3N3O. The van der Waals surface area contributed by atoms with Crippen molar-refractivity contribution in [3.05, 3.63) is 23.5 Å². The predicted molar refractivity (Wildman–Crippen MR) is 45.0 cm³/mol. The topological polar surface area (TPSA) is 69.7 Å². The first-order chi connectivity index (χ1) is 7.48. The van der Waals surface area contributed by atoms with Crippen LogP contribution in [-0.2, 0) is 6.42 Å². The Morgan fingerprint density at radius 2 is 2.06 bits per heavy atom. The second-order valence-electron chi connectivity index (χ2n) is 2.63. The van der Waals surface area contributed by atoms with E-state index >= 15 is 0 Å². The first-order valence-corrected chi connectivity index (χ1v) is 3.98. The van der Waals surface area contributed by atoms with E-state index in [2.05, 4.69) is 9.72 Å². The Bertz CT molecular complexity index is 470. The third kappa shape index (κ3) is 2.85. The maximum absolute atomic E-state index is 12.0. The van der Waals surface area contributed by atoms with Gasteiger partial charge in [-0.3, -0.25) is 0 Å². The number of aromatic nitrogens is 1. The van der Waals surface area contributed by atoms with E-state index in [1.807, 2.05) is 0 Å². The van der Waals surface area contributed by atoms with E-state index in [9.17, 15) is 13.2 Å². The predicted octanol–water partition coefficient (Wildman–Crippen LogP) is 1.92. The van der Waals surface area contributed by atoms with Crippen molar-refractivity contribution in [3.63, 3.8) is 0 Å². The fraction of sp³-hybridized carbons (Fsp3) is 0.222. The van der Waals surface area contributed by atoms with Crippen molar-refractivity contribution in [2.45, 2.75) is 12.8 Å². The second kappa shape index (κ2) is 4.49. The molecule has 1 heterocycles. The van der Waals surface area contributed by atoms with Gasteiger partial charge in [-0.05, 0) is 6.07 Å². The molecule has 0 radical (unpaired) electrons. The summed E-state index contributed by atoms with van der Waals surface area (Å²) >= 11 is 0. The molecule has 7 heteroatoms. The van der Waals surface area contributed by atoms with Gasteiger partial charge >= 0.3 is 6.36 Å². The molecule has 0 unspecified atom stereocenters. The fourth-order valence-electron chi connectivity index (χ4n) is 1.04. The number of nitriles is 2. The van der Waals surface area contributed by atoms with Gasteiger partial charge in [0.15, 0.2) is 0 Å². The van der Waals surface area contributed by atoms with E-state index in [0.29, 0.717) is 0 Å². The maximum atomic E-state index is 12.0. The molecule has 0 amide bonds. The van der Waals surface area contributed by atoms with E-state index in [1.54, 1.807) is 12.1 Å². The van der Waals surface area contributed by atoms with E-state index in [1.165, 1.54) is 0 Å². The highest BCUT2D eigenvalue weighted by molar-refractivity contribution is 5.43. The maximum Gasteiger partial charge on any atom is 0.573 e. The van der Waals surface area contributed by atoms with Crippen molar-refractivity contribution in [2.75, 3.05) is 0 Å². The summed E-state index contributed by atoms with van der Waals surface area (Å²) in [4.78, 5) is 3.55. The van der Waals surface area contributed by atoms with Crippen molar-refractivity contribution in [1.29, 1.82) is 10.5 Å². The third-order valence-corrected chi connectivity index (χ3v) is 1.60. The highest BCUT2D eigenvalue weighted by Crippen LogP contribution is 2.27. The summed E-state index contributed by atoms with van der Waals surface area (Å²) in [5.74, 6) is -0.569. The van der Waals surface area contributed by atoms with Gasteiger partial charge in [0.1, 0.15) is 17.5 Å². The van der Waals surface area contributed by atoms with Crippen molar-refractivity contribution in [3.8, 4) is 17.9 Å². The van der Waals surface area contributed by atoms with Crippen LogP contribution in [-0.4, -0.2) is 11.3 Å². The normalized spacial score (nSPS) is 10.3. The summed E-state index contributed by atoms with van der Waals surface area (Å²) in [6.45, 7) is 0. The zero-order valence-corrected chi connectivity index (χ0v) is 7.75. The average Bonchev–Trinajstić information content (AvgIpc) is 2.18. The summed E-state index contributed by atoms with van der Waals surface area (Å²) in [7, 11) is 0. The number of nitrogens with zero attached hydrogens (tertiary/aromatic N) is 3. The molecule has 0 spiro atoms. The zero-order valence-electron chi connectivity index (χ0n) is 7.75. The van der Waals surface area contributed by atoms with Gasteiger partial charge in [0.2, 0.25) is 0 Å². The number of halogens is 3. The molecule has 82 valence electrons. The third-order valence-electron chi connectivity index (χ3n) is 1.60. The molecule has 0 aromatic carbocycles. The summed E-state index contributed by atoms with van der Waals surface area (Å²) in [6.07, 6.45) is -4.22. The summed E-state index contributed by atoms with van der Waals surface area (Å²) in [5.41, 5.74) is -0.409. The number of ether oxygens (including phenoxy) is 1. The molecule has 0 aliphatic carbocycles. The fourth-order valence-corrected chi connectivity index (χ4v) is 1.04. The van der Waals surface area contributed by atoms with Gasteiger partial charge in [0.05, 0.1) is 12.5 Å². The minimum absolute atomic E-state index is 0.162. The van der Waals surface area contributed by atoms with Crippen LogP contribution in [0.15, 0.2) is 12.3 Å². The Balaban J connectivity index is 3.19. The lowest BCUT2D eigenvalue weighted by molar-refractivity contribution is -0.274. The van der Waals surface area contributed by atoms with Gasteiger partial charge in [0.25, 0.3) is 0 Å². The largest absolute Gasteiger partial charge is 0.573 e. The molecule has 0 bridgehead atoms. The van der Waals surface area contributed by atoms with Gasteiger partial charge < -0.3 is 4.74 Å². The molecule has 0 saturated heterocycles. The highest BCUT2D eigenvalue weighted by Gasteiger charge is 2.32. The summed E-state index contributed by atoms with van der Waals surface area (Å²) in [5, 5.41) is 17.0. The van der Waals surface area contributed by atoms with Crippen LogP contribution in [0.3, 0.4) is 0 Å². The Labute approximate surface area is 88.5 Å². The zero-order chi connectivity index (χ0) is 12.2. The quantitative estimate of drug-likeness (QED) is 0.773. The van der Waals surface area contributed by atoms with Crippen LogP contribution in [0.25, 0.3) is 0 Å². The van der Waals surface area contributed by atoms with E-state index < -0.39 is 12.1 Å². The van der Waals surface area contributed by atoms with Gasteiger partial charge in [-0.25, -0.2) is 4.98 Å². The molecule has 4 nitrogen and oxygen atoms in total. The monoisotopic (exact) mass is 227 g/mol. The van der Waals surface area contributed by atoms with Crippen LogP contribution < -0.4 is 4.74 Å². The van der Waals surface area contributed by atoms with Crippen LogP contribution in [0, 0.1) is 22.7 Å².